The molecule has 0 aromatic heterocycles. The minimum absolute atomic E-state index is 0.0715. The van der Waals surface area contributed by atoms with E-state index in [-0.39, 0.29) is 12.6 Å². The SMILES string of the molecule is CC1(OCC(=O)O)CN(C(=O)NCCCC2CCCC2)C1. The monoisotopic (exact) mass is 298 g/mol. The van der Waals surface area contributed by atoms with E-state index in [0.717, 1.165) is 18.9 Å². The van der Waals surface area contributed by atoms with Crippen molar-refractivity contribution in [2.75, 3.05) is 26.2 Å². The van der Waals surface area contributed by atoms with Gasteiger partial charge in [-0.2, -0.15) is 0 Å². The molecule has 1 saturated heterocycles. The predicted molar refractivity (Wildman–Crippen MR) is 78.2 cm³/mol. The summed E-state index contributed by atoms with van der Waals surface area (Å²) < 4.78 is 5.28. The molecule has 2 N–H and O–H groups in total. The molecule has 6 nitrogen and oxygen atoms in total. The normalized spacial score (nSPS) is 21.1. The van der Waals surface area contributed by atoms with Crippen LogP contribution in [0, 0.1) is 5.92 Å². The third kappa shape index (κ3) is 4.88. The Kier molecular flexibility index (Phi) is 5.45. The molecule has 2 aliphatic rings. The standard InChI is InChI=1S/C15H26N2O4/c1-15(21-9-13(18)19)10-17(11-15)14(20)16-8-4-7-12-5-2-3-6-12/h12H,2-11H2,1H3,(H,16,20)(H,18,19). The molecule has 1 aliphatic heterocycles. The first-order valence-corrected chi connectivity index (χ1v) is 7.87. The first-order valence-electron chi connectivity index (χ1n) is 7.87. The number of hydrogen-bond acceptors (Lipinski definition) is 3. The van der Waals surface area contributed by atoms with Crippen molar-refractivity contribution in [3.05, 3.63) is 0 Å². The molecule has 1 saturated carbocycles. The van der Waals surface area contributed by atoms with Crippen molar-refractivity contribution in [3.8, 4) is 0 Å². The number of nitrogens with zero attached hydrogens (tertiary/aromatic N) is 1. The number of carbonyl (C=O) groups excluding carboxylic acids is 1. The van der Waals surface area contributed by atoms with Gasteiger partial charge in [-0.1, -0.05) is 25.7 Å². The Morgan fingerprint density at radius 2 is 2.00 bits per heavy atom. The molecule has 21 heavy (non-hydrogen) atoms. The number of carboxylic acids is 1. The maximum atomic E-state index is 11.9. The van der Waals surface area contributed by atoms with Gasteiger partial charge in [0.1, 0.15) is 12.2 Å². The van der Waals surface area contributed by atoms with Gasteiger partial charge in [0.25, 0.3) is 0 Å². The number of hydrogen-bond donors (Lipinski definition) is 2. The lowest BCUT2D eigenvalue weighted by molar-refractivity contribution is -0.159. The highest BCUT2D eigenvalue weighted by Crippen LogP contribution is 2.28. The van der Waals surface area contributed by atoms with Crippen LogP contribution in [0.15, 0.2) is 0 Å². The smallest absolute Gasteiger partial charge is 0.329 e. The lowest BCUT2D eigenvalue weighted by Gasteiger charge is -2.46. The maximum absolute atomic E-state index is 11.9. The van der Waals surface area contributed by atoms with Gasteiger partial charge in [0, 0.05) is 6.54 Å². The quantitative estimate of drug-likeness (QED) is 0.703. The van der Waals surface area contributed by atoms with Gasteiger partial charge in [0.2, 0.25) is 0 Å². The second-order valence-corrected chi connectivity index (χ2v) is 6.51. The van der Waals surface area contributed by atoms with Gasteiger partial charge in [0.15, 0.2) is 0 Å². The van der Waals surface area contributed by atoms with Crippen molar-refractivity contribution >= 4 is 12.0 Å². The van der Waals surface area contributed by atoms with Crippen LogP contribution >= 0.6 is 0 Å². The van der Waals surface area contributed by atoms with E-state index in [0.29, 0.717) is 13.1 Å². The highest BCUT2D eigenvalue weighted by atomic mass is 16.5. The molecule has 0 aromatic carbocycles. The Morgan fingerprint density at radius 3 is 2.62 bits per heavy atom. The third-order valence-corrected chi connectivity index (χ3v) is 4.42. The van der Waals surface area contributed by atoms with Crippen molar-refractivity contribution in [1.82, 2.24) is 10.2 Å². The van der Waals surface area contributed by atoms with Crippen molar-refractivity contribution in [3.63, 3.8) is 0 Å². The fourth-order valence-electron chi connectivity index (χ4n) is 3.23. The molecule has 0 aromatic rings. The molecule has 2 amide bonds. The molecular weight excluding hydrogens is 272 g/mol. The first-order chi connectivity index (χ1) is 9.98. The minimum atomic E-state index is -0.981. The van der Waals surface area contributed by atoms with Crippen LogP contribution in [0.25, 0.3) is 0 Å². The number of urea groups is 1. The summed E-state index contributed by atoms with van der Waals surface area (Å²) in [5.74, 6) is -0.121. The number of nitrogens with one attached hydrogen (secondary N) is 1. The van der Waals surface area contributed by atoms with Crippen LogP contribution in [0.1, 0.15) is 45.4 Å². The Morgan fingerprint density at radius 1 is 1.33 bits per heavy atom. The fraction of sp³-hybridized carbons (Fsp3) is 0.867. The van der Waals surface area contributed by atoms with Gasteiger partial charge < -0.3 is 20.1 Å². The number of likely N-dealkylation sites (tertiary alicyclic amines) is 1. The Hall–Kier alpha value is -1.30. The van der Waals surface area contributed by atoms with Gasteiger partial charge in [-0.3, -0.25) is 0 Å². The lowest BCUT2D eigenvalue weighted by atomic mass is 9.97. The molecule has 0 bridgehead atoms. The van der Waals surface area contributed by atoms with Crippen molar-refractivity contribution in [2.24, 2.45) is 5.92 Å². The van der Waals surface area contributed by atoms with Crippen LogP contribution in [0.2, 0.25) is 0 Å². The number of carboxylic acid groups (broad SMARTS) is 1. The summed E-state index contributed by atoms with van der Waals surface area (Å²) in [5.41, 5.74) is -0.514. The molecule has 120 valence electrons. The highest BCUT2D eigenvalue weighted by molar-refractivity contribution is 5.75. The second kappa shape index (κ2) is 7.11. The number of rotatable bonds is 7. The molecular formula is C15H26N2O4. The molecule has 0 spiro atoms. The topological polar surface area (TPSA) is 78.9 Å². The zero-order chi connectivity index (χ0) is 15.3. The molecule has 0 radical (unpaired) electrons. The molecule has 1 heterocycles. The number of carbonyl (C=O) groups is 2. The average molecular weight is 298 g/mol. The number of ether oxygens (including phenoxy) is 1. The molecule has 1 aliphatic carbocycles. The predicted octanol–water partition coefficient (Wildman–Crippen LogP) is 1.84. The molecule has 0 unspecified atom stereocenters. The molecule has 2 rings (SSSR count). The summed E-state index contributed by atoms with van der Waals surface area (Å²) >= 11 is 0. The first kappa shape index (κ1) is 16.1. The van der Waals surface area contributed by atoms with Crippen LogP contribution in [-0.2, 0) is 9.53 Å². The summed E-state index contributed by atoms with van der Waals surface area (Å²) in [4.78, 5) is 24.0. The van der Waals surface area contributed by atoms with E-state index in [9.17, 15) is 9.59 Å². The van der Waals surface area contributed by atoms with Gasteiger partial charge in [-0.15, -0.1) is 0 Å². The van der Waals surface area contributed by atoms with Crippen LogP contribution in [0.4, 0.5) is 4.79 Å². The minimum Gasteiger partial charge on any atom is -0.480 e. The zero-order valence-electron chi connectivity index (χ0n) is 12.8. The van der Waals surface area contributed by atoms with Crippen LogP contribution < -0.4 is 5.32 Å². The number of amides is 2. The van der Waals surface area contributed by atoms with Crippen molar-refractivity contribution in [1.29, 1.82) is 0 Å². The van der Waals surface area contributed by atoms with E-state index in [4.69, 9.17) is 9.84 Å². The average Bonchev–Trinajstić information content (AvgIpc) is 2.91. The Bertz CT molecular complexity index is 374. The van der Waals surface area contributed by atoms with E-state index >= 15 is 0 Å². The van der Waals surface area contributed by atoms with Gasteiger partial charge >= 0.3 is 12.0 Å². The van der Waals surface area contributed by atoms with Crippen molar-refractivity contribution < 1.29 is 19.4 Å². The second-order valence-electron chi connectivity index (χ2n) is 6.51. The van der Waals surface area contributed by atoms with E-state index in [2.05, 4.69) is 5.32 Å². The van der Waals surface area contributed by atoms with E-state index in [1.807, 2.05) is 6.92 Å². The van der Waals surface area contributed by atoms with Crippen LogP contribution in [0.5, 0.6) is 0 Å². The summed E-state index contributed by atoms with van der Waals surface area (Å²) in [6.45, 7) is 3.15. The van der Waals surface area contributed by atoms with E-state index in [1.165, 1.54) is 32.1 Å². The maximum Gasteiger partial charge on any atom is 0.329 e. The Balaban J connectivity index is 1.54. The Labute approximate surface area is 125 Å². The summed E-state index contributed by atoms with van der Waals surface area (Å²) in [6.07, 6.45) is 7.66. The lowest BCUT2D eigenvalue weighted by Crippen LogP contribution is -2.65. The zero-order valence-corrected chi connectivity index (χ0v) is 12.8. The summed E-state index contributed by atoms with van der Waals surface area (Å²) in [6, 6.07) is -0.0715. The van der Waals surface area contributed by atoms with Crippen molar-refractivity contribution in [2.45, 2.75) is 51.0 Å². The van der Waals surface area contributed by atoms with E-state index in [1.54, 1.807) is 4.90 Å². The van der Waals surface area contributed by atoms with Gasteiger partial charge in [-0.25, -0.2) is 9.59 Å². The molecule has 0 atom stereocenters. The highest BCUT2D eigenvalue weighted by Gasteiger charge is 2.42. The van der Waals surface area contributed by atoms with Crippen LogP contribution in [0.3, 0.4) is 0 Å². The largest absolute Gasteiger partial charge is 0.480 e. The van der Waals surface area contributed by atoms with Gasteiger partial charge in [0.05, 0.1) is 13.1 Å². The number of aliphatic carboxylic acids is 1. The third-order valence-electron chi connectivity index (χ3n) is 4.42. The molecule has 6 heteroatoms. The fourth-order valence-corrected chi connectivity index (χ4v) is 3.23. The van der Waals surface area contributed by atoms with E-state index < -0.39 is 11.6 Å². The van der Waals surface area contributed by atoms with Gasteiger partial charge in [-0.05, 0) is 25.7 Å². The summed E-state index contributed by atoms with van der Waals surface area (Å²) in [5, 5.41) is 11.5. The van der Waals surface area contributed by atoms with Crippen LogP contribution in [-0.4, -0.2) is 53.8 Å². The summed E-state index contributed by atoms with van der Waals surface area (Å²) in [7, 11) is 0. The molecule has 2 fully saturated rings.